The minimum absolute atomic E-state index is 0.000124. The molecule has 4 rings (SSSR count). The molecule has 1 aromatic carbocycles. The molecule has 26 heavy (non-hydrogen) atoms. The minimum atomic E-state index is -0.376. The van der Waals surface area contributed by atoms with Crippen molar-refractivity contribution in [2.75, 3.05) is 13.1 Å². The molecule has 1 amide bonds. The average Bonchev–Trinajstić information content (AvgIpc) is 3.04. The van der Waals surface area contributed by atoms with Crippen LogP contribution in [0.5, 0.6) is 0 Å². The lowest BCUT2D eigenvalue weighted by Gasteiger charge is -2.31. The molecule has 1 saturated heterocycles. The smallest absolute Gasteiger partial charge is 0.254 e. The fraction of sp³-hybridized carbons (Fsp3) is 0.350. The highest BCUT2D eigenvalue weighted by Crippen LogP contribution is 2.25. The number of benzene rings is 1. The minimum Gasteiger partial charge on any atom is -0.338 e. The van der Waals surface area contributed by atoms with Crippen LogP contribution in [0.25, 0.3) is 16.7 Å². The van der Waals surface area contributed by atoms with Gasteiger partial charge < -0.3 is 4.90 Å². The lowest BCUT2D eigenvalue weighted by molar-refractivity contribution is 0.0685. The summed E-state index contributed by atoms with van der Waals surface area (Å²) in [7, 11) is 0. The SMILES string of the molecule is Cc1cc(C(=O)N2CCCC(C)C2)c2cnn(-c3ccccc3F)c2n1. The number of pyridine rings is 1. The Morgan fingerprint density at radius 1 is 1.31 bits per heavy atom. The third kappa shape index (κ3) is 2.85. The molecule has 2 aromatic heterocycles. The van der Waals surface area contributed by atoms with Crippen molar-refractivity contribution in [1.82, 2.24) is 19.7 Å². The number of halogens is 1. The van der Waals surface area contributed by atoms with Crippen LogP contribution in [0.4, 0.5) is 4.39 Å². The van der Waals surface area contributed by atoms with E-state index in [1.807, 2.05) is 11.8 Å². The maximum absolute atomic E-state index is 14.2. The fourth-order valence-electron chi connectivity index (χ4n) is 3.65. The predicted octanol–water partition coefficient (Wildman–Crippen LogP) is 3.74. The second-order valence-electron chi connectivity index (χ2n) is 7.05. The summed E-state index contributed by atoms with van der Waals surface area (Å²) in [5.41, 5.74) is 2.13. The third-order valence-electron chi connectivity index (χ3n) is 4.92. The summed E-state index contributed by atoms with van der Waals surface area (Å²) in [4.78, 5) is 19.5. The van der Waals surface area contributed by atoms with Gasteiger partial charge in [-0.05, 0) is 43.9 Å². The largest absolute Gasteiger partial charge is 0.338 e. The maximum Gasteiger partial charge on any atom is 0.254 e. The summed E-state index contributed by atoms with van der Waals surface area (Å²) in [6.45, 7) is 5.55. The molecular formula is C20H21FN4O. The van der Waals surface area contributed by atoms with Crippen LogP contribution in [0.2, 0.25) is 0 Å². The molecule has 3 heterocycles. The van der Waals surface area contributed by atoms with Gasteiger partial charge in [-0.1, -0.05) is 19.1 Å². The Bertz CT molecular complexity index is 981. The fourth-order valence-corrected chi connectivity index (χ4v) is 3.65. The van der Waals surface area contributed by atoms with Crippen LogP contribution in [-0.2, 0) is 0 Å². The van der Waals surface area contributed by atoms with Gasteiger partial charge in [0.15, 0.2) is 5.65 Å². The number of para-hydroxylation sites is 1. The standard InChI is InChI=1S/C20H21FN4O/c1-13-6-5-9-24(12-13)20(26)15-10-14(2)23-19-16(15)11-22-25(19)18-8-4-3-7-17(18)21/h3-4,7-8,10-11,13H,5-6,9,12H2,1-2H3. The normalized spacial score (nSPS) is 17.7. The Balaban J connectivity index is 1.82. The molecular weight excluding hydrogens is 331 g/mol. The summed E-state index contributed by atoms with van der Waals surface area (Å²) in [5.74, 6) is 0.130. The van der Waals surface area contributed by atoms with Crippen molar-refractivity contribution in [2.45, 2.75) is 26.7 Å². The molecule has 0 bridgehead atoms. The van der Waals surface area contributed by atoms with Crippen molar-refractivity contribution >= 4 is 16.9 Å². The Labute approximate surface area is 151 Å². The number of fused-ring (bicyclic) bond motifs is 1. The van der Waals surface area contributed by atoms with E-state index in [0.29, 0.717) is 33.9 Å². The van der Waals surface area contributed by atoms with Crippen molar-refractivity contribution in [1.29, 1.82) is 0 Å². The number of hydrogen-bond acceptors (Lipinski definition) is 3. The van der Waals surface area contributed by atoms with Crippen LogP contribution >= 0.6 is 0 Å². The molecule has 0 saturated carbocycles. The number of nitrogens with zero attached hydrogens (tertiary/aromatic N) is 4. The Morgan fingerprint density at radius 3 is 2.88 bits per heavy atom. The van der Waals surface area contributed by atoms with Crippen molar-refractivity contribution in [2.24, 2.45) is 5.92 Å². The average molecular weight is 352 g/mol. The molecule has 5 nitrogen and oxygen atoms in total. The molecule has 0 spiro atoms. The second-order valence-corrected chi connectivity index (χ2v) is 7.05. The predicted molar refractivity (Wildman–Crippen MR) is 97.9 cm³/mol. The highest BCUT2D eigenvalue weighted by molar-refractivity contribution is 6.05. The van der Waals surface area contributed by atoms with Gasteiger partial charge in [-0.2, -0.15) is 5.10 Å². The summed E-state index contributed by atoms with van der Waals surface area (Å²) >= 11 is 0. The molecule has 3 aromatic rings. The summed E-state index contributed by atoms with van der Waals surface area (Å²) in [6.07, 6.45) is 3.78. The first-order chi connectivity index (χ1) is 12.5. The van der Waals surface area contributed by atoms with E-state index in [2.05, 4.69) is 17.0 Å². The van der Waals surface area contributed by atoms with Crippen LogP contribution in [-0.4, -0.2) is 38.7 Å². The van der Waals surface area contributed by atoms with Gasteiger partial charge in [0.2, 0.25) is 0 Å². The molecule has 0 N–H and O–H groups in total. The highest BCUT2D eigenvalue weighted by Gasteiger charge is 2.25. The zero-order valence-electron chi connectivity index (χ0n) is 14.9. The summed E-state index contributed by atoms with van der Waals surface area (Å²) < 4.78 is 15.7. The number of aryl methyl sites for hydroxylation is 1. The molecule has 1 aliphatic heterocycles. The van der Waals surface area contributed by atoms with Crippen molar-refractivity contribution in [3.05, 3.63) is 53.6 Å². The van der Waals surface area contributed by atoms with Crippen LogP contribution in [0.15, 0.2) is 36.5 Å². The van der Waals surface area contributed by atoms with E-state index in [4.69, 9.17) is 0 Å². The molecule has 6 heteroatoms. The first kappa shape index (κ1) is 16.7. The number of carbonyl (C=O) groups is 1. The highest BCUT2D eigenvalue weighted by atomic mass is 19.1. The Kier molecular flexibility index (Phi) is 4.18. The van der Waals surface area contributed by atoms with E-state index in [0.717, 1.165) is 25.9 Å². The first-order valence-electron chi connectivity index (χ1n) is 8.94. The van der Waals surface area contributed by atoms with Crippen LogP contribution < -0.4 is 0 Å². The Hall–Kier alpha value is -2.76. The van der Waals surface area contributed by atoms with Gasteiger partial charge in [-0.3, -0.25) is 4.79 Å². The number of aromatic nitrogens is 3. The molecule has 1 aliphatic rings. The van der Waals surface area contributed by atoms with E-state index >= 15 is 0 Å². The number of carbonyl (C=O) groups excluding carboxylic acids is 1. The van der Waals surface area contributed by atoms with Gasteiger partial charge in [-0.15, -0.1) is 0 Å². The monoisotopic (exact) mass is 352 g/mol. The lowest BCUT2D eigenvalue weighted by Crippen LogP contribution is -2.39. The summed E-state index contributed by atoms with van der Waals surface area (Å²) in [6, 6.07) is 8.23. The van der Waals surface area contributed by atoms with E-state index in [1.54, 1.807) is 30.5 Å². The van der Waals surface area contributed by atoms with Crippen molar-refractivity contribution in [3.8, 4) is 5.69 Å². The van der Waals surface area contributed by atoms with Gasteiger partial charge in [0.05, 0.1) is 17.1 Å². The van der Waals surface area contributed by atoms with Gasteiger partial charge in [0.25, 0.3) is 5.91 Å². The second kappa shape index (κ2) is 6.52. The quantitative estimate of drug-likeness (QED) is 0.706. The number of rotatable bonds is 2. The van der Waals surface area contributed by atoms with Crippen molar-refractivity contribution < 1.29 is 9.18 Å². The first-order valence-corrected chi connectivity index (χ1v) is 8.94. The maximum atomic E-state index is 14.2. The number of amides is 1. The van der Waals surface area contributed by atoms with E-state index in [1.165, 1.54) is 10.7 Å². The summed E-state index contributed by atoms with van der Waals surface area (Å²) in [5, 5.41) is 4.97. The van der Waals surface area contributed by atoms with Crippen LogP contribution in [0, 0.1) is 18.7 Å². The van der Waals surface area contributed by atoms with Crippen LogP contribution in [0.3, 0.4) is 0 Å². The zero-order valence-corrected chi connectivity index (χ0v) is 14.9. The van der Waals surface area contributed by atoms with Gasteiger partial charge in [-0.25, -0.2) is 14.1 Å². The molecule has 134 valence electrons. The lowest BCUT2D eigenvalue weighted by atomic mass is 9.99. The van der Waals surface area contributed by atoms with Gasteiger partial charge in [0, 0.05) is 18.8 Å². The zero-order chi connectivity index (χ0) is 18.3. The van der Waals surface area contributed by atoms with Crippen molar-refractivity contribution in [3.63, 3.8) is 0 Å². The van der Waals surface area contributed by atoms with E-state index in [-0.39, 0.29) is 11.7 Å². The topological polar surface area (TPSA) is 51.0 Å². The molecule has 1 fully saturated rings. The number of hydrogen-bond donors (Lipinski definition) is 0. The van der Waals surface area contributed by atoms with Gasteiger partial charge >= 0.3 is 0 Å². The van der Waals surface area contributed by atoms with Gasteiger partial charge in [0.1, 0.15) is 11.5 Å². The van der Waals surface area contributed by atoms with Crippen LogP contribution in [0.1, 0.15) is 35.8 Å². The molecule has 1 atom stereocenters. The molecule has 0 aliphatic carbocycles. The molecule has 0 radical (unpaired) electrons. The van der Waals surface area contributed by atoms with E-state index in [9.17, 15) is 9.18 Å². The Morgan fingerprint density at radius 2 is 2.12 bits per heavy atom. The third-order valence-corrected chi connectivity index (χ3v) is 4.92. The number of piperidine rings is 1. The number of likely N-dealkylation sites (tertiary alicyclic amines) is 1. The molecule has 1 unspecified atom stereocenters. The van der Waals surface area contributed by atoms with E-state index < -0.39 is 0 Å².